The van der Waals surface area contributed by atoms with Crippen molar-refractivity contribution in [1.82, 2.24) is 37.2 Å². The lowest BCUT2D eigenvalue weighted by Crippen LogP contribution is -2.60. The summed E-state index contributed by atoms with van der Waals surface area (Å²) in [5, 5.41) is 35.6. The molecule has 17 N–H and O–H groups in total. The number of hydrogen-bond donors (Lipinski definition) is 13. The van der Waals surface area contributed by atoms with Crippen LogP contribution < -0.4 is 60.2 Å². The summed E-state index contributed by atoms with van der Waals surface area (Å²) < 4.78 is 0. The Balaban J connectivity index is 3.14. The fourth-order valence-electron chi connectivity index (χ4n) is 5.83. The van der Waals surface area contributed by atoms with Crippen LogP contribution in [-0.4, -0.2) is 108 Å². The molecule has 332 valence electrons. The van der Waals surface area contributed by atoms with Crippen molar-refractivity contribution in [1.29, 1.82) is 5.41 Å². The molecule has 0 unspecified atom stereocenters. The Hall–Kier alpha value is -5.50. The van der Waals surface area contributed by atoms with Gasteiger partial charge in [-0.1, -0.05) is 32.9 Å². The highest BCUT2D eigenvalue weighted by Gasteiger charge is 2.33. The van der Waals surface area contributed by atoms with E-state index in [1.807, 2.05) is 0 Å². The van der Waals surface area contributed by atoms with Crippen LogP contribution in [0.4, 0.5) is 0 Å². The third kappa shape index (κ3) is 20.2. The monoisotopic (exact) mass is 833 g/mol. The summed E-state index contributed by atoms with van der Waals surface area (Å²) in [5.74, 6) is -5.69. The van der Waals surface area contributed by atoms with Gasteiger partial charge in [0.05, 0.1) is 0 Å². The number of phenols is 1. The predicted octanol–water partition coefficient (Wildman–Crippen LogP) is -1.82. The molecule has 1 rings (SSSR count). The number of amides is 7. The Morgan fingerprint density at radius 3 is 1.53 bits per heavy atom. The van der Waals surface area contributed by atoms with Crippen molar-refractivity contribution >= 4 is 47.3 Å². The van der Waals surface area contributed by atoms with E-state index in [1.54, 1.807) is 32.9 Å². The van der Waals surface area contributed by atoms with Crippen LogP contribution in [0.5, 0.6) is 5.75 Å². The number of hydrogen-bond acceptors (Lipinski definition) is 11. The molecule has 0 aliphatic rings. The van der Waals surface area contributed by atoms with Gasteiger partial charge in [0.15, 0.2) is 5.96 Å². The number of primary amides is 1. The van der Waals surface area contributed by atoms with Gasteiger partial charge in [-0.3, -0.25) is 39.0 Å². The Morgan fingerprint density at radius 1 is 0.593 bits per heavy atom. The van der Waals surface area contributed by atoms with Gasteiger partial charge in [-0.25, -0.2) is 0 Å². The van der Waals surface area contributed by atoms with Crippen molar-refractivity contribution < 1.29 is 38.7 Å². The summed E-state index contributed by atoms with van der Waals surface area (Å²) in [7, 11) is 0. The SMILES string of the molecule is CC(C)[C@H](NC(=O)[C@H](C)NC(=O)[C@H](CCCCN)NC(=O)[C@H](CCCNC(=N)N)NC(=O)[C@@H](C)Cc1ccc(O)cc1)C(=O)N[C@@H](CCCCN)C(=O)N[C@@H](C)C(N)=O. The molecule has 0 spiro atoms. The smallest absolute Gasteiger partial charge is 0.243 e. The van der Waals surface area contributed by atoms with Crippen LogP contribution in [0.1, 0.15) is 91.5 Å². The molecule has 0 saturated heterocycles. The maximum atomic E-state index is 13.8. The van der Waals surface area contributed by atoms with Gasteiger partial charge in [0.2, 0.25) is 41.4 Å². The highest BCUT2D eigenvalue weighted by molar-refractivity contribution is 5.97. The van der Waals surface area contributed by atoms with Crippen molar-refractivity contribution in [2.75, 3.05) is 19.6 Å². The molecule has 20 heteroatoms. The Bertz CT molecular complexity index is 1540. The second-order valence-electron chi connectivity index (χ2n) is 15.1. The molecule has 1 aromatic rings. The minimum Gasteiger partial charge on any atom is -0.508 e. The van der Waals surface area contributed by atoms with Crippen molar-refractivity contribution in [3.63, 3.8) is 0 Å². The van der Waals surface area contributed by atoms with E-state index < -0.39 is 89.4 Å². The number of phenolic OH excluding ortho intramolecular Hbond substituents is 1. The van der Waals surface area contributed by atoms with Crippen LogP contribution in [0, 0.1) is 17.2 Å². The molecular weight excluding hydrogens is 765 g/mol. The first-order valence-electron chi connectivity index (χ1n) is 20.2. The molecule has 0 bridgehead atoms. The molecule has 0 heterocycles. The van der Waals surface area contributed by atoms with Gasteiger partial charge in [-0.2, -0.15) is 0 Å². The van der Waals surface area contributed by atoms with E-state index >= 15 is 0 Å². The second-order valence-corrected chi connectivity index (χ2v) is 15.1. The van der Waals surface area contributed by atoms with Gasteiger partial charge in [-0.05, 0) is 108 Å². The molecule has 59 heavy (non-hydrogen) atoms. The predicted molar refractivity (Wildman–Crippen MR) is 223 cm³/mol. The van der Waals surface area contributed by atoms with Crippen LogP contribution in [0.15, 0.2) is 24.3 Å². The van der Waals surface area contributed by atoms with Crippen LogP contribution in [0.3, 0.4) is 0 Å². The number of carbonyl (C=O) groups excluding carboxylic acids is 7. The average molecular weight is 833 g/mol. The number of unbranched alkanes of at least 4 members (excludes halogenated alkanes) is 2. The standard InChI is InChI=1S/C39H68N12O8/c1-22(2)31(38(59)50-29(12-7-9-19-41)35(56)46-24(4)32(42)53)51-34(55)25(5)47-36(57)28(11-6-8-18-40)49-37(58)30(13-10-20-45-39(43)44)48-33(54)23(3)21-26-14-16-27(52)17-15-26/h14-17,22-25,28-31,52H,6-13,18-21,40-41H2,1-5H3,(H2,42,53)(H,46,56)(H,47,57)(H,48,54)(H,49,58)(H,50,59)(H,51,55)(H4,43,44,45)/t23-,24-,25-,28-,29-,30-,31-/m0/s1. The van der Waals surface area contributed by atoms with E-state index in [2.05, 4.69) is 37.2 Å². The lowest BCUT2D eigenvalue weighted by atomic mass is 9.99. The van der Waals surface area contributed by atoms with Gasteiger partial charge in [-0.15, -0.1) is 0 Å². The molecule has 7 amide bonds. The zero-order valence-corrected chi connectivity index (χ0v) is 35.0. The van der Waals surface area contributed by atoms with Crippen molar-refractivity contribution in [3.8, 4) is 5.75 Å². The second kappa shape index (κ2) is 27.2. The van der Waals surface area contributed by atoms with Crippen LogP contribution >= 0.6 is 0 Å². The molecule has 0 saturated carbocycles. The summed E-state index contributed by atoms with van der Waals surface area (Å²) in [5.41, 5.74) is 22.8. The number of nitrogens with two attached hydrogens (primary N) is 4. The topological polar surface area (TPSA) is 352 Å². The first-order chi connectivity index (χ1) is 27.8. The Labute approximate surface area is 346 Å². The molecule has 1 aromatic carbocycles. The van der Waals surface area contributed by atoms with Crippen molar-refractivity contribution in [2.45, 2.75) is 129 Å². The summed E-state index contributed by atoms with van der Waals surface area (Å²) >= 11 is 0. The largest absolute Gasteiger partial charge is 0.508 e. The maximum Gasteiger partial charge on any atom is 0.243 e. The zero-order chi connectivity index (χ0) is 44.7. The van der Waals surface area contributed by atoms with Crippen molar-refractivity contribution in [2.24, 2.45) is 34.8 Å². The van der Waals surface area contributed by atoms with Gasteiger partial charge in [0.25, 0.3) is 0 Å². The van der Waals surface area contributed by atoms with Crippen molar-refractivity contribution in [3.05, 3.63) is 29.8 Å². The van der Waals surface area contributed by atoms with E-state index in [0.717, 1.165) is 5.56 Å². The summed E-state index contributed by atoms with van der Waals surface area (Å²) in [6.45, 7) is 8.85. The number of carbonyl (C=O) groups is 7. The van der Waals surface area contributed by atoms with E-state index in [9.17, 15) is 38.7 Å². The zero-order valence-electron chi connectivity index (χ0n) is 35.0. The third-order valence-electron chi connectivity index (χ3n) is 9.49. The normalized spacial score (nSPS) is 14.6. The van der Waals surface area contributed by atoms with Gasteiger partial charge in [0.1, 0.15) is 42.0 Å². The van der Waals surface area contributed by atoms with E-state index in [-0.39, 0.29) is 37.5 Å². The molecule has 0 radical (unpaired) electrons. The quantitative estimate of drug-likeness (QED) is 0.0252. The fourth-order valence-corrected chi connectivity index (χ4v) is 5.83. The number of rotatable bonds is 28. The number of benzene rings is 1. The molecule has 0 aliphatic heterocycles. The first kappa shape index (κ1) is 51.5. The summed E-state index contributed by atoms with van der Waals surface area (Å²) in [6, 6.07) is -0.140. The Kier molecular flexibility index (Phi) is 23.8. The Morgan fingerprint density at radius 2 is 1.05 bits per heavy atom. The summed E-state index contributed by atoms with van der Waals surface area (Å²) in [6.07, 6.45) is 3.24. The highest BCUT2D eigenvalue weighted by Crippen LogP contribution is 2.15. The minimum absolute atomic E-state index is 0.0879. The summed E-state index contributed by atoms with van der Waals surface area (Å²) in [4.78, 5) is 92.2. The van der Waals surface area contributed by atoms with Gasteiger partial charge < -0.3 is 65.3 Å². The molecule has 0 aromatic heterocycles. The van der Waals surface area contributed by atoms with Gasteiger partial charge >= 0.3 is 0 Å². The van der Waals surface area contributed by atoms with Crippen LogP contribution in [0.2, 0.25) is 0 Å². The lowest BCUT2D eigenvalue weighted by Gasteiger charge is -2.28. The third-order valence-corrected chi connectivity index (χ3v) is 9.49. The number of aromatic hydroxyl groups is 1. The molecule has 0 fully saturated rings. The molecule has 7 atom stereocenters. The highest BCUT2D eigenvalue weighted by atomic mass is 16.3. The minimum atomic E-state index is -1.18. The van der Waals surface area contributed by atoms with E-state index in [1.165, 1.54) is 26.0 Å². The van der Waals surface area contributed by atoms with Crippen LogP contribution in [-0.2, 0) is 40.0 Å². The average Bonchev–Trinajstić information content (AvgIpc) is 3.17. The number of guanidine groups is 1. The molecular formula is C39H68N12O8. The number of nitrogens with one attached hydrogen (secondary N) is 8. The van der Waals surface area contributed by atoms with E-state index in [4.69, 9.17) is 28.3 Å². The fraction of sp³-hybridized carbons (Fsp3) is 0.641. The van der Waals surface area contributed by atoms with E-state index in [0.29, 0.717) is 51.6 Å². The lowest BCUT2D eigenvalue weighted by molar-refractivity contribution is -0.136. The maximum absolute atomic E-state index is 13.8. The molecule has 20 nitrogen and oxygen atoms in total. The van der Waals surface area contributed by atoms with Crippen LogP contribution in [0.25, 0.3) is 0 Å². The van der Waals surface area contributed by atoms with Gasteiger partial charge in [0, 0.05) is 12.5 Å². The first-order valence-corrected chi connectivity index (χ1v) is 20.2. The molecule has 0 aliphatic carbocycles.